The highest BCUT2D eigenvalue weighted by atomic mass is 16.5. The number of esters is 1. The molecule has 6 nitrogen and oxygen atoms in total. The molecule has 0 atom stereocenters. The van der Waals surface area contributed by atoms with Crippen LogP contribution in [0.15, 0.2) is 42.6 Å². The molecule has 1 aromatic carbocycles. The molecule has 2 N–H and O–H groups in total. The summed E-state index contributed by atoms with van der Waals surface area (Å²) in [4.78, 5) is 27.1. The number of nitrogens with zero attached hydrogens (tertiary/aromatic N) is 1. The van der Waals surface area contributed by atoms with Gasteiger partial charge in [-0.1, -0.05) is 12.1 Å². The van der Waals surface area contributed by atoms with E-state index in [2.05, 4.69) is 15.6 Å². The number of carbonyl (C=O) groups excluding carboxylic acids is 2. The molecule has 6 heteroatoms. The van der Waals surface area contributed by atoms with Crippen molar-refractivity contribution in [2.24, 2.45) is 0 Å². The number of aromatic nitrogens is 1. The van der Waals surface area contributed by atoms with Gasteiger partial charge in [-0.05, 0) is 31.2 Å². The van der Waals surface area contributed by atoms with Crippen LogP contribution in [-0.4, -0.2) is 23.5 Å². The van der Waals surface area contributed by atoms with E-state index in [1.54, 1.807) is 37.3 Å². The van der Waals surface area contributed by atoms with Gasteiger partial charge in [-0.3, -0.25) is 4.79 Å². The van der Waals surface area contributed by atoms with Crippen LogP contribution in [0.2, 0.25) is 0 Å². The predicted molar refractivity (Wildman–Crippen MR) is 84.2 cm³/mol. The fraction of sp³-hybridized carbons (Fsp3) is 0.188. The number of para-hydroxylation sites is 1. The molecular weight excluding hydrogens is 282 g/mol. The van der Waals surface area contributed by atoms with Gasteiger partial charge in [-0.2, -0.15) is 0 Å². The van der Waals surface area contributed by atoms with Gasteiger partial charge in [-0.15, -0.1) is 0 Å². The van der Waals surface area contributed by atoms with Gasteiger partial charge in [0.2, 0.25) is 5.91 Å². The minimum absolute atomic E-state index is 0.157. The molecule has 0 spiro atoms. The second kappa shape index (κ2) is 7.21. The number of anilines is 3. The summed E-state index contributed by atoms with van der Waals surface area (Å²) < 4.78 is 5.02. The van der Waals surface area contributed by atoms with Crippen LogP contribution in [-0.2, 0) is 9.53 Å². The zero-order valence-corrected chi connectivity index (χ0v) is 12.4. The maximum atomic E-state index is 11.9. The Labute approximate surface area is 128 Å². The highest BCUT2D eigenvalue weighted by molar-refractivity contribution is 5.96. The molecule has 0 fully saturated rings. The van der Waals surface area contributed by atoms with E-state index in [0.29, 0.717) is 29.4 Å². The Hall–Kier alpha value is -2.89. The SMILES string of the molecule is CCOC(=O)c1ccccc1Nc1ccc(NC(C)=O)cn1. The number of benzene rings is 1. The normalized spacial score (nSPS) is 9.91. The van der Waals surface area contributed by atoms with Gasteiger partial charge in [0.25, 0.3) is 0 Å². The predicted octanol–water partition coefficient (Wildman–Crippen LogP) is 2.96. The van der Waals surface area contributed by atoms with Crippen LogP contribution >= 0.6 is 0 Å². The summed E-state index contributed by atoms with van der Waals surface area (Å²) in [7, 11) is 0. The summed E-state index contributed by atoms with van der Waals surface area (Å²) >= 11 is 0. The van der Waals surface area contributed by atoms with Crippen LogP contribution in [0.1, 0.15) is 24.2 Å². The Balaban J connectivity index is 2.17. The second-order valence-electron chi connectivity index (χ2n) is 4.50. The lowest BCUT2D eigenvalue weighted by molar-refractivity contribution is -0.114. The molecule has 2 rings (SSSR count). The Morgan fingerprint density at radius 1 is 1.18 bits per heavy atom. The third-order valence-electron chi connectivity index (χ3n) is 2.77. The van der Waals surface area contributed by atoms with E-state index in [-0.39, 0.29) is 11.9 Å². The third-order valence-corrected chi connectivity index (χ3v) is 2.77. The Bertz CT molecular complexity index is 669. The minimum Gasteiger partial charge on any atom is -0.462 e. The van der Waals surface area contributed by atoms with Crippen molar-refractivity contribution in [1.29, 1.82) is 0 Å². The number of carbonyl (C=O) groups is 2. The highest BCUT2D eigenvalue weighted by Crippen LogP contribution is 2.21. The lowest BCUT2D eigenvalue weighted by atomic mass is 10.2. The molecule has 1 amide bonds. The van der Waals surface area contributed by atoms with Gasteiger partial charge in [0.05, 0.1) is 29.7 Å². The topological polar surface area (TPSA) is 80.3 Å². The molecule has 2 aromatic rings. The maximum absolute atomic E-state index is 11.9. The molecule has 0 saturated carbocycles. The third kappa shape index (κ3) is 4.05. The van der Waals surface area contributed by atoms with Crippen molar-refractivity contribution in [1.82, 2.24) is 4.98 Å². The van der Waals surface area contributed by atoms with Crippen molar-refractivity contribution < 1.29 is 14.3 Å². The number of amides is 1. The average Bonchev–Trinajstić information content (AvgIpc) is 2.49. The zero-order chi connectivity index (χ0) is 15.9. The van der Waals surface area contributed by atoms with E-state index >= 15 is 0 Å². The van der Waals surface area contributed by atoms with Crippen molar-refractivity contribution in [3.05, 3.63) is 48.2 Å². The number of pyridine rings is 1. The Kier molecular flexibility index (Phi) is 5.08. The van der Waals surface area contributed by atoms with E-state index in [1.807, 2.05) is 6.07 Å². The van der Waals surface area contributed by atoms with Crippen molar-refractivity contribution >= 4 is 29.1 Å². The molecule has 114 valence electrons. The van der Waals surface area contributed by atoms with Crippen LogP contribution in [0.3, 0.4) is 0 Å². The van der Waals surface area contributed by atoms with E-state index in [1.165, 1.54) is 13.1 Å². The quantitative estimate of drug-likeness (QED) is 0.830. The Morgan fingerprint density at radius 2 is 1.95 bits per heavy atom. The lowest BCUT2D eigenvalue weighted by Gasteiger charge is -2.11. The number of nitrogens with one attached hydrogen (secondary N) is 2. The number of ether oxygens (including phenoxy) is 1. The van der Waals surface area contributed by atoms with Crippen LogP contribution in [0.5, 0.6) is 0 Å². The molecule has 0 radical (unpaired) electrons. The largest absolute Gasteiger partial charge is 0.462 e. The smallest absolute Gasteiger partial charge is 0.340 e. The summed E-state index contributed by atoms with van der Waals surface area (Å²) in [5.74, 6) is 0.0153. The number of hydrogen-bond acceptors (Lipinski definition) is 5. The second-order valence-corrected chi connectivity index (χ2v) is 4.50. The van der Waals surface area contributed by atoms with Crippen molar-refractivity contribution in [2.75, 3.05) is 17.2 Å². The van der Waals surface area contributed by atoms with Gasteiger partial charge in [-0.25, -0.2) is 9.78 Å². The van der Waals surface area contributed by atoms with E-state index in [9.17, 15) is 9.59 Å². The van der Waals surface area contributed by atoms with Crippen LogP contribution in [0, 0.1) is 0 Å². The molecule has 0 aliphatic rings. The molecule has 0 saturated heterocycles. The Morgan fingerprint density at radius 3 is 2.59 bits per heavy atom. The van der Waals surface area contributed by atoms with Gasteiger partial charge in [0.1, 0.15) is 5.82 Å². The standard InChI is InChI=1S/C16H17N3O3/c1-3-22-16(21)13-6-4-5-7-14(13)19-15-9-8-12(10-17-15)18-11(2)20/h4-10H,3H2,1-2H3,(H,17,19)(H,18,20). The molecule has 0 aliphatic heterocycles. The fourth-order valence-electron chi connectivity index (χ4n) is 1.86. The van der Waals surface area contributed by atoms with Gasteiger partial charge in [0, 0.05) is 6.92 Å². The molecule has 22 heavy (non-hydrogen) atoms. The fourth-order valence-corrected chi connectivity index (χ4v) is 1.86. The van der Waals surface area contributed by atoms with Crippen molar-refractivity contribution in [3.8, 4) is 0 Å². The van der Waals surface area contributed by atoms with Gasteiger partial charge in [0.15, 0.2) is 0 Å². The van der Waals surface area contributed by atoms with E-state index in [0.717, 1.165) is 0 Å². The molecule has 0 unspecified atom stereocenters. The highest BCUT2D eigenvalue weighted by Gasteiger charge is 2.12. The maximum Gasteiger partial charge on any atom is 0.340 e. The first kappa shape index (κ1) is 15.5. The molecule has 1 heterocycles. The summed E-state index contributed by atoms with van der Waals surface area (Å²) in [6, 6.07) is 10.5. The molecule has 0 bridgehead atoms. The lowest BCUT2D eigenvalue weighted by Crippen LogP contribution is -2.08. The minimum atomic E-state index is -0.388. The summed E-state index contributed by atoms with van der Waals surface area (Å²) in [5.41, 5.74) is 1.66. The first-order valence-corrected chi connectivity index (χ1v) is 6.87. The van der Waals surface area contributed by atoms with Gasteiger partial charge < -0.3 is 15.4 Å². The van der Waals surface area contributed by atoms with Crippen LogP contribution in [0.25, 0.3) is 0 Å². The number of hydrogen-bond donors (Lipinski definition) is 2. The molecule has 1 aromatic heterocycles. The summed E-state index contributed by atoms with van der Waals surface area (Å²) in [6.45, 7) is 3.51. The monoisotopic (exact) mass is 299 g/mol. The molecule has 0 aliphatic carbocycles. The summed E-state index contributed by atoms with van der Waals surface area (Å²) in [6.07, 6.45) is 1.54. The number of rotatable bonds is 5. The van der Waals surface area contributed by atoms with Crippen LogP contribution in [0.4, 0.5) is 17.2 Å². The van der Waals surface area contributed by atoms with Crippen molar-refractivity contribution in [3.63, 3.8) is 0 Å². The van der Waals surface area contributed by atoms with E-state index in [4.69, 9.17) is 4.74 Å². The van der Waals surface area contributed by atoms with E-state index < -0.39 is 0 Å². The average molecular weight is 299 g/mol. The van der Waals surface area contributed by atoms with Crippen molar-refractivity contribution in [2.45, 2.75) is 13.8 Å². The van der Waals surface area contributed by atoms with Gasteiger partial charge >= 0.3 is 5.97 Å². The molecular formula is C16H17N3O3. The zero-order valence-electron chi connectivity index (χ0n) is 12.4. The first-order chi connectivity index (χ1) is 10.6. The van der Waals surface area contributed by atoms with Crippen LogP contribution < -0.4 is 10.6 Å². The first-order valence-electron chi connectivity index (χ1n) is 6.87. The summed E-state index contributed by atoms with van der Waals surface area (Å²) in [5, 5.41) is 5.71.